The Hall–Kier alpha value is -2.89. The maximum Gasteiger partial charge on any atom is 0.231 e. The standard InChI is InChI=1S/C18H19NO5/c1-21-15-5-3-2-4-13(15)10-18(20)19-8-9-22-14-6-7-16-17(11-14)24-12-23-16/h2-7,11H,8-10,12H2,1H3,(H,19,20). The quantitative estimate of drug-likeness (QED) is 0.789. The SMILES string of the molecule is COc1ccccc1CC(=O)NCCOc1ccc2c(c1)OCO2. The summed E-state index contributed by atoms with van der Waals surface area (Å²) >= 11 is 0. The number of carbonyl (C=O) groups excluding carboxylic acids is 1. The number of hydrogen-bond donors (Lipinski definition) is 1. The number of nitrogens with one attached hydrogen (secondary N) is 1. The van der Waals surface area contributed by atoms with Gasteiger partial charge < -0.3 is 24.3 Å². The first-order valence-corrected chi connectivity index (χ1v) is 7.67. The van der Waals surface area contributed by atoms with E-state index in [1.54, 1.807) is 19.2 Å². The van der Waals surface area contributed by atoms with E-state index in [0.717, 1.165) is 5.56 Å². The molecule has 0 atom stereocenters. The molecule has 0 unspecified atom stereocenters. The fraction of sp³-hybridized carbons (Fsp3) is 0.278. The van der Waals surface area contributed by atoms with E-state index in [0.29, 0.717) is 36.1 Å². The van der Waals surface area contributed by atoms with Crippen LogP contribution in [0.1, 0.15) is 5.56 Å². The fourth-order valence-corrected chi connectivity index (χ4v) is 2.41. The third-order valence-corrected chi connectivity index (χ3v) is 3.58. The second-order valence-electron chi connectivity index (χ2n) is 5.20. The molecule has 1 amide bonds. The smallest absolute Gasteiger partial charge is 0.231 e. The van der Waals surface area contributed by atoms with E-state index in [1.807, 2.05) is 30.3 Å². The molecular formula is C18H19NO5. The topological polar surface area (TPSA) is 66.0 Å². The molecule has 0 saturated heterocycles. The summed E-state index contributed by atoms with van der Waals surface area (Å²) < 4.78 is 21.4. The lowest BCUT2D eigenvalue weighted by atomic mass is 10.1. The molecule has 1 aliphatic rings. The second kappa shape index (κ2) is 7.59. The number of fused-ring (bicyclic) bond motifs is 1. The molecule has 0 radical (unpaired) electrons. The average molecular weight is 329 g/mol. The molecule has 0 saturated carbocycles. The Morgan fingerprint density at radius 2 is 2.00 bits per heavy atom. The van der Waals surface area contributed by atoms with Crippen molar-refractivity contribution in [2.75, 3.05) is 27.1 Å². The Bertz CT molecular complexity index is 716. The highest BCUT2D eigenvalue weighted by atomic mass is 16.7. The molecule has 6 nitrogen and oxygen atoms in total. The molecule has 0 spiro atoms. The highest BCUT2D eigenvalue weighted by Gasteiger charge is 2.13. The van der Waals surface area contributed by atoms with E-state index >= 15 is 0 Å². The predicted molar refractivity (Wildman–Crippen MR) is 87.8 cm³/mol. The van der Waals surface area contributed by atoms with Gasteiger partial charge in [-0.25, -0.2) is 0 Å². The van der Waals surface area contributed by atoms with Crippen molar-refractivity contribution in [3.63, 3.8) is 0 Å². The summed E-state index contributed by atoms with van der Waals surface area (Å²) in [5, 5.41) is 2.83. The molecule has 126 valence electrons. The normalized spacial score (nSPS) is 11.9. The zero-order chi connectivity index (χ0) is 16.8. The zero-order valence-corrected chi connectivity index (χ0v) is 13.4. The molecule has 0 aromatic heterocycles. The van der Waals surface area contributed by atoms with Gasteiger partial charge in [-0.1, -0.05) is 18.2 Å². The number of amides is 1. The number of carbonyl (C=O) groups is 1. The van der Waals surface area contributed by atoms with Crippen LogP contribution in [-0.4, -0.2) is 33.0 Å². The van der Waals surface area contributed by atoms with Crippen LogP contribution in [0.3, 0.4) is 0 Å². The minimum atomic E-state index is -0.0752. The molecule has 1 heterocycles. The predicted octanol–water partition coefficient (Wildman–Crippen LogP) is 2.16. The van der Waals surface area contributed by atoms with Crippen LogP contribution in [0.5, 0.6) is 23.0 Å². The highest BCUT2D eigenvalue weighted by molar-refractivity contribution is 5.79. The van der Waals surface area contributed by atoms with E-state index in [1.165, 1.54) is 0 Å². The first-order chi connectivity index (χ1) is 11.8. The van der Waals surface area contributed by atoms with Crippen molar-refractivity contribution in [1.82, 2.24) is 5.32 Å². The van der Waals surface area contributed by atoms with Gasteiger partial charge in [-0.05, 0) is 18.2 Å². The van der Waals surface area contributed by atoms with Crippen molar-refractivity contribution in [3.05, 3.63) is 48.0 Å². The van der Waals surface area contributed by atoms with E-state index < -0.39 is 0 Å². The average Bonchev–Trinajstić information content (AvgIpc) is 3.07. The molecule has 1 aliphatic heterocycles. The molecular weight excluding hydrogens is 310 g/mol. The molecule has 24 heavy (non-hydrogen) atoms. The van der Waals surface area contributed by atoms with Gasteiger partial charge in [-0.15, -0.1) is 0 Å². The number of ether oxygens (including phenoxy) is 4. The van der Waals surface area contributed by atoms with Crippen LogP contribution < -0.4 is 24.3 Å². The lowest BCUT2D eigenvalue weighted by Crippen LogP contribution is -2.29. The van der Waals surface area contributed by atoms with E-state index in [4.69, 9.17) is 18.9 Å². The van der Waals surface area contributed by atoms with Gasteiger partial charge in [0.25, 0.3) is 0 Å². The minimum Gasteiger partial charge on any atom is -0.496 e. The fourth-order valence-electron chi connectivity index (χ4n) is 2.41. The third kappa shape index (κ3) is 3.90. The van der Waals surface area contributed by atoms with Crippen molar-refractivity contribution < 1.29 is 23.7 Å². The second-order valence-corrected chi connectivity index (χ2v) is 5.20. The number of para-hydroxylation sites is 1. The first-order valence-electron chi connectivity index (χ1n) is 7.67. The van der Waals surface area contributed by atoms with Gasteiger partial charge >= 0.3 is 0 Å². The van der Waals surface area contributed by atoms with Crippen molar-refractivity contribution in [2.45, 2.75) is 6.42 Å². The van der Waals surface area contributed by atoms with Crippen molar-refractivity contribution in [1.29, 1.82) is 0 Å². The third-order valence-electron chi connectivity index (χ3n) is 3.58. The van der Waals surface area contributed by atoms with Gasteiger partial charge in [-0.3, -0.25) is 4.79 Å². The van der Waals surface area contributed by atoms with Crippen LogP contribution in [0.4, 0.5) is 0 Å². The number of benzene rings is 2. The molecule has 6 heteroatoms. The molecule has 0 fully saturated rings. The van der Waals surface area contributed by atoms with Crippen LogP contribution in [0, 0.1) is 0 Å². The maximum atomic E-state index is 12.0. The van der Waals surface area contributed by atoms with Crippen molar-refractivity contribution in [3.8, 4) is 23.0 Å². The zero-order valence-electron chi connectivity index (χ0n) is 13.4. The van der Waals surface area contributed by atoms with Gasteiger partial charge in [0.15, 0.2) is 11.5 Å². The summed E-state index contributed by atoms with van der Waals surface area (Å²) in [6.45, 7) is 1.03. The molecule has 2 aromatic rings. The Labute approximate surface area is 140 Å². The van der Waals surface area contributed by atoms with Crippen molar-refractivity contribution in [2.24, 2.45) is 0 Å². The highest BCUT2D eigenvalue weighted by Crippen LogP contribution is 2.34. The first kappa shape index (κ1) is 16.0. The molecule has 3 rings (SSSR count). The minimum absolute atomic E-state index is 0.0752. The number of methoxy groups -OCH3 is 1. The van der Waals surface area contributed by atoms with E-state index in [9.17, 15) is 4.79 Å². The summed E-state index contributed by atoms with van der Waals surface area (Å²) in [6.07, 6.45) is 0.272. The van der Waals surface area contributed by atoms with Crippen molar-refractivity contribution >= 4 is 5.91 Å². The molecule has 2 aromatic carbocycles. The Kier molecular flexibility index (Phi) is 5.05. The Balaban J connectivity index is 1.42. The lowest BCUT2D eigenvalue weighted by molar-refractivity contribution is -0.120. The van der Waals surface area contributed by atoms with E-state index in [-0.39, 0.29) is 19.1 Å². The van der Waals surface area contributed by atoms with Gasteiger partial charge in [0, 0.05) is 11.6 Å². The van der Waals surface area contributed by atoms with Crippen LogP contribution >= 0.6 is 0 Å². The van der Waals surface area contributed by atoms with Gasteiger partial charge in [0.05, 0.1) is 20.1 Å². The Morgan fingerprint density at radius 1 is 1.17 bits per heavy atom. The number of rotatable bonds is 7. The van der Waals surface area contributed by atoms with Gasteiger partial charge in [0.1, 0.15) is 18.1 Å². The molecule has 1 N–H and O–H groups in total. The summed E-state index contributed by atoms with van der Waals surface area (Å²) in [6, 6.07) is 12.9. The van der Waals surface area contributed by atoms with E-state index in [2.05, 4.69) is 5.32 Å². The van der Waals surface area contributed by atoms with Crippen LogP contribution in [0.2, 0.25) is 0 Å². The van der Waals surface area contributed by atoms with Crippen LogP contribution in [0.25, 0.3) is 0 Å². The van der Waals surface area contributed by atoms with Crippen LogP contribution in [0.15, 0.2) is 42.5 Å². The summed E-state index contributed by atoms with van der Waals surface area (Å²) in [4.78, 5) is 12.0. The molecule has 0 bridgehead atoms. The Morgan fingerprint density at radius 3 is 2.88 bits per heavy atom. The monoisotopic (exact) mass is 329 g/mol. The summed E-state index contributed by atoms with van der Waals surface area (Å²) in [7, 11) is 1.59. The largest absolute Gasteiger partial charge is 0.496 e. The van der Waals surface area contributed by atoms with Gasteiger partial charge in [-0.2, -0.15) is 0 Å². The number of hydrogen-bond acceptors (Lipinski definition) is 5. The molecule has 0 aliphatic carbocycles. The van der Waals surface area contributed by atoms with Crippen LogP contribution in [-0.2, 0) is 11.2 Å². The summed E-state index contributed by atoms with van der Waals surface area (Å²) in [5.74, 6) is 2.71. The lowest BCUT2D eigenvalue weighted by Gasteiger charge is -2.10. The maximum absolute atomic E-state index is 12.0. The van der Waals surface area contributed by atoms with Gasteiger partial charge in [0.2, 0.25) is 12.7 Å². The summed E-state index contributed by atoms with van der Waals surface area (Å²) in [5.41, 5.74) is 0.856.